The van der Waals surface area contributed by atoms with Crippen LogP contribution in [0, 0.1) is 11.3 Å². The Labute approximate surface area is 106 Å². The molecule has 0 aromatic rings. The Morgan fingerprint density at radius 3 is 2.67 bits per heavy atom. The number of nitrogens with one attached hydrogen (secondary N) is 1. The van der Waals surface area contributed by atoms with E-state index in [9.17, 15) is 9.59 Å². The summed E-state index contributed by atoms with van der Waals surface area (Å²) >= 11 is 0. The van der Waals surface area contributed by atoms with Crippen LogP contribution >= 0.6 is 0 Å². The highest BCUT2D eigenvalue weighted by Gasteiger charge is 2.45. The molecular weight excluding hydrogens is 236 g/mol. The lowest BCUT2D eigenvalue weighted by molar-refractivity contribution is -0.141. The van der Waals surface area contributed by atoms with Crippen LogP contribution in [-0.2, 0) is 14.3 Å². The van der Waals surface area contributed by atoms with Gasteiger partial charge in [-0.15, -0.1) is 0 Å². The number of hydrogen-bond donors (Lipinski definition) is 3. The minimum atomic E-state index is -0.779. The highest BCUT2D eigenvalue weighted by atomic mass is 16.5. The van der Waals surface area contributed by atoms with Crippen LogP contribution in [0.4, 0.5) is 0 Å². The van der Waals surface area contributed by atoms with Crippen LogP contribution in [-0.4, -0.2) is 42.3 Å². The van der Waals surface area contributed by atoms with E-state index >= 15 is 0 Å². The van der Waals surface area contributed by atoms with Crippen molar-refractivity contribution in [3.63, 3.8) is 0 Å². The van der Waals surface area contributed by atoms with Gasteiger partial charge in [-0.1, -0.05) is 0 Å². The molecule has 6 nitrogen and oxygen atoms in total. The first kappa shape index (κ1) is 13.3. The van der Waals surface area contributed by atoms with Crippen LogP contribution in [0.3, 0.4) is 0 Å². The summed E-state index contributed by atoms with van der Waals surface area (Å²) in [6, 6.07) is -0.350. The summed E-state index contributed by atoms with van der Waals surface area (Å²) in [6.07, 6.45) is 1.85. The first-order valence-electron chi connectivity index (χ1n) is 6.30. The van der Waals surface area contributed by atoms with Crippen molar-refractivity contribution in [3.8, 4) is 0 Å². The third-order valence-corrected chi connectivity index (χ3v) is 4.15. The quantitative estimate of drug-likeness (QED) is 0.644. The number of carbonyl (C=O) groups excluding carboxylic acids is 1. The maximum atomic E-state index is 12.2. The fourth-order valence-corrected chi connectivity index (χ4v) is 2.61. The Balaban J connectivity index is 1.91. The van der Waals surface area contributed by atoms with Crippen molar-refractivity contribution in [2.24, 2.45) is 17.1 Å². The SMILES string of the molecule is CC1(C(=O)N[C@H]2CC[C@@H](C(=O)O)C2)COCC1N. The van der Waals surface area contributed by atoms with Crippen molar-refractivity contribution in [1.82, 2.24) is 5.32 Å². The lowest BCUT2D eigenvalue weighted by Gasteiger charge is -2.27. The number of hydrogen-bond acceptors (Lipinski definition) is 4. The van der Waals surface area contributed by atoms with E-state index in [4.69, 9.17) is 15.6 Å². The molecule has 2 aliphatic rings. The monoisotopic (exact) mass is 256 g/mol. The van der Waals surface area contributed by atoms with Gasteiger partial charge < -0.3 is 20.9 Å². The molecule has 0 radical (unpaired) electrons. The van der Waals surface area contributed by atoms with Gasteiger partial charge >= 0.3 is 5.97 Å². The maximum absolute atomic E-state index is 12.2. The molecule has 18 heavy (non-hydrogen) atoms. The van der Waals surface area contributed by atoms with E-state index < -0.39 is 11.4 Å². The largest absolute Gasteiger partial charge is 0.481 e. The number of rotatable bonds is 3. The van der Waals surface area contributed by atoms with Gasteiger partial charge in [-0.25, -0.2) is 0 Å². The fourth-order valence-electron chi connectivity index (χ4n) is 2.61. The molecule has 0 spiro atoms. The molecule has 1 heterocycles. The highest BCUT2D eigenvalue weighted by molar-refractivity contribution is 5.84. The van der Waals surface area contributed by atoms with Crippen molar-refractivity contribution in [2.45, 2.75) is 38.3 Å². The van der Waals surface area contributed by atoms with Crippen molar-refractivity contribution in [2.75, 3.05) is 13.2 Å². The molecule has 1 aliphatic heterocycles. The first-order valence-corrected chi connectivity index (χ1v) is 6.30. The standard InChI is InChI=1S/C12H20N2O4/c1-12(6-18-5-9(12)13)11(17)14-8-3-2-7(4-8)10(15)16/h7-9H,2-6,13H2,1H3,(H,14,17)(H,15,16)/t7-,8+,9?,12?/m1/s1. The van der Waals surface area contributed by atoms with Crippen LogP contribution in [0.1, 0.15) is 26.2 Å². The van der Waals surface area contributed by atoms with Crippen LogP contribution in [0.5, 0.6) is 0 Å². The maximum Gasteiger partial charge on any atom is 0.306 e. The Morgan fingerprint density at radius 1 is 1.44 bits per heavy atom. The number of nitrogens with two attached hydrogens (primary N) is 1. The molecule has 102 valence electrons. The van der Waals surface area contributed by atoms with Crippen molar-refractivity contribution in [3.05, 3.63) is 0 Å². The zero-order valence-electron chi connectivity index (χ0n) is 10.5. The number of carbonyl (C=O) groups is 2. The van der Waals surface area contributed by atoms with Gasteiger partial charge in [0.15, 0.2) is 0 Å². The number of aliphatic carboxylic acids is 1. The minimum absolute atomic E-state index is 0.0526. The number of carboxylic acids is 1. The summed E-state index contributed by atoms with van der Waals surface area (Å²) in [7, 11) is 0. The topological polar surface area (TPSA) is 102 Å². The molecule has 2 fully saturated rings. The van der Waals surface area contributed by atoms with E-state index in [1.807, 2.05) is 0 Å². The average molecular weight is 256 g/mol. The van der Waals surface area contributed by atoms with Crippen molar-refractivity contribution < 1.29 is 19.4 Å². The number of ether oxygens (including phenoxy) is 1. The zero-order chi connectivity index (χ0) is 13.3. The molecule has 4 N–H and O–H groups in total. The minimum Gasteiger partial charge on any atom is -0.481 e. The average Bonchev–Trinajstić information content (AvgIpc) is 2.88. The molecule has 1 saturated carbocycles. The summed E-state index contributed by atoms with van der Waals surface area (Å²) < 4.78 is 5.24. The molecule has 0 aromatic heterocycles. The molecule has 1 saturated heterocycles. The molecule has 0 bridgehead atoms. The second-order valence-electron chi connectivity index (χ2n) is 5.56. The second-order valence-corrected chi connectivity index (χ2v) is 5.56. The summed E-state index contributed by atoms with van der Waals surface area (Å²) in [6.45, 7) is 2.52. The summed E-state index contributed by atoms with van der Waals surface area (Å²) in [4.78, 5) is 23.0. The van der Waals surface area contributed by atoms with Crippen LogP contribution in [0.15, 0.2) is 0 Å². The summed E-state index contributed by atoms with van der Waals surface area (Å²) in [5.41, 5.74) is 5.19. The zero-order valence-corrected chi connectivity index (χ0v) is 10.5. The predicted octanol–water partition coefficient (Wildman–Crippen LogP) is -0.280. The van der Waals surface area contributed by atoms with E-state index in [2.05, 4.69) is 5.32 Å². The lowest BCUT2D eigenvalue weighted by Crippen LogP contribution is -2.52. The van der Waals surface area contributed by atoms with Gasteiger partial charge in [-0.05, 0) is 26.2 Å². The summed E-state index contributed by atoms with van der Waals surface area (Å²) in [5.74, 6) is -1.24. The van der Waals surface area contributed by atoms with Gasteiger partial charge in [0, 0.05) is 12.1 Å². The molecule has 1 aliphatic carbocycles. The molecule has 4 atom stereocenters. The molecule has 2 unspecified atom stereocenters. The van der Waals surface area contributed by atoms with Gasteiger partial charge in [-0.2, -0.15) is 0 Å². The van der Waals surface area contributed by atoms with Gasteiger partial charge in [0.25, 0.3) is 0 Å². The molecule has 6 heteroatoms. The highest BCUT2D eigenvalue weighted by Crippen LogP contribution is 2.30. The van der Waals surface area contributed by atoms with Gasteiger partial charge in [0.05, 0.1) is 24.5 Å². The van der Waals surface area contributed by atoms with Gasteiger partial charge in [0.1, 0.15) is 0 Å². The molecule has 1 amide bonds. The molecule has 2 rings (SSSR count). The van der Waals surface area contributed by atoms with Crippen molar-refractivity contribution in [1.29, 1.82) is 0 Å². The van der Waals surface area contributed by atoms with E-state index in [0.29, 0.717) is 26.1 Å². The van der Waals surface area contributed by atoms with Gasteiger partial charge in [0.2, 0.25) is 5.91 Å². The fraction of sp³-hybridized carbons (Fsp3) is 0.833. The Hall–Kier alpha value is -1.14. The number of carboxylic acid groups (broad SMARTS) is 1. The van der Waals surface area contributed by atoms with E-state index in [1.54, 1.807) is 6.92 Å². The molecular formula is C12H20N2O4. The Bertz CT molecular complexity index is 360. The Morgan fingerprint density at radius 2 is 2.17 bits per heavy atom. The predicted molar refractivity (Wildman–Crippen MR) is 63.8 cm³/mol. The van der Waals surface area contributed by atoms with Crippen LogP contribution < -0.4 is 11.1 Å². The van der Waals surface area contributed by atoms with Crippen molar-refractivity contribution >= 4 is 11.9 Å². The normalized spacial score (nSPS) is 39.8. The number of amides is 1. The molecule has 0 aromatic carbocycles. The smallest absolute Gasteiger partial charge is 0.306 e. The van der Waals surface area contributed by atoms with E-state index in [1.165, 1.54) is 0 Å². The second kappa shape index (κ2) is 4.85. The van der Waals surface area contributed by atoms with E-state index in [-0.39, 0.29) is 23.9 Å². The third-order valence-electron chi connectivity index (χ3n) is 4.15. The first-order chi connectivity index (χ1) is 8.43. The lowest BCUT2D eigenvalue weighted by atomic mass is 9.84. The third kappa shape index (κ3) is 2.35. The van der Waals surface area contributed by atoms with Gasteiger partial charge in [-0.3, -0.25) is 9.59 Å². The Kier molecular flexibility index (Phi) is 3.59. The van der Waals surface area contributed by atoms with Crippen LogP contribution in [0.25, 0.3) is 0 Å². The summed E-state index contributed by atoms with van der Waals surface area (Å²) in [5, 5.41) is 11.8. The van der Waals surface area contributed by atoms with E-state index in [0.717, 1.165) is 6.42 Å². The van der Waals surface area contributed by atoms with Crippen LogP contribution in [0.2, 0.25) is 0 Å².